The minimum Gasteiger partial charge on any atom is -0.476 e. The first kappa shape index (κ1) is 16.0. The summed E-state index contributed by atoms with van der Waals surface area (Å²) in [5.41, 5.74) is -0.211. The molecular formula is C13H21N3O4S. The summed E-state index contributed by atoms with van der Waals surface area (Å²) in [7, 11) is -3.88. The Balaban J connectivity index is 2.21. The van der Waals surface area contributed by atoms with Gasteiger partial charge in [-0.3, -0.25) is 5.10 Å². The lowest BCUT2D eigenvalue weighted by molar-refractivity contribution is 0.0686. The summed E-state index contributed by atoms with van der Waals surface area (Å²) in [4.78, 5) is 10.8. The Bertz CT molecular complexity index is 601. The summed E-state index contributed by atoms with van der Waals surface area (Å²) in [5, 5.41) is 15.1. The fourth-order valence-corrected chi connectivity index (χ4v) is 4.37. The molecule has 21 heavy (non-hydrogen) atoms. The number of aromatic nitrogens is 2. The highest BCUT2D eigenvalue weighted by atomic mass is 32.2. The van der Waals surface area contributed by atoms with Gasteiger partial charge in [-0.25, -0.2) is 17.9 Å². The van der Waals surface area contributed by atoms with E-state index in [1.54, 1.807) is 0 Å². The Kier molecular flexibility index (Phi) is 5.00. The van der Waals surface area contributed by atoms with Crippen molar-refractivity contribution in [2.24, 2.45) is 0 Å². The number of aromatic amines is 1. The highest BCUT2D eigenvalue weighted by Crippen LogP contribution is 2.22. The van der Waals surface area contributed by atoms with Crippen LogP contribution in [-0.2, 0) is 10.0 Å². The zero-order chi connectivity index (χ0) is 15.5. The predicted molar refractivity (Wildman–Crippen MR) is 76.7 cm³/mol. The minimum absolute atomic E-state index is 0.133. The normalized spacial score (nSPS) is 18.1. The van der Waals surface area contributed by atoms with Crippen molar-refractivity contribution in [1.82, 2.24) is 14.9 Å². The van der Waals surface area contributed by atoms with Crippen molar-refractivity contribution in [3.8, 4) is 0 Å². The number of carboxylic acids is 1. The number of aryl methyl sites for hydroxylation is 1. The van der Waals surface area contributed by atoms with Gasteiger partial charge in [0.1, 0.15) is 4.90 Å². The first-order valence-corrected chi connectivity index (χ1v) is 8.70. The van der Waals surface area contributed by atoms with Crippen LogP contribution in [0.5, 0.6) is 0 Å². The Morgan fingerprint density at radius 3 is 2.38 bits per heavy atom. The largest absolute Gasteiger partial charge is 0.476 e. The maximum atomic E-state index is 12.5. The van der Waals surface area contributed by atoms with Crippen molar-refractivity contribution >= 4 is 16.0 Å². The van der Waals surface area contributed by atoms with E-state index in [1.807, 2.05) is 0 Å². The molecule has 0 amide bonds. The second kappa shape index (κ2) is 6.57. The molecule has 1 aromatic heterocycles. The van der Waals surface area contributed by atoms with Gasteiger partial charge in [0, 0.05) is 6.04 Å². The number of carboxylic acid groups (broad SMARTS) is 1. The minimum atomic E-state index is -3.88. The van der Waals surface area contributed by atoms with Crippen molar-refractivity contribution in [3.05, 3.63) is 11.4 Å². The Morgan fingerprint density at radius 2 is 1.81 bits per heavy atom. The van der Waals surface area contributed by atoms with Gasteiger partial charge in [0.15, 0.2) is 5.69 Å². The lowest BCUT2D eigenvalue weighted by atomic mass is 9.97. The quantitative estimate of drug-likeness (QED) is 0.784. The van der Waals surface area contributed by atoms with E-state index in [1.165, 1.54) is 13.3 Å². The van der Waals surface area contributed by atoms with Crippen molar-refractivity contribution in [1.29, 1.82) is 0 Å². The van der Waals surface area contributed by atoms with Crippen LogP contribution in [0.25, 0.3) is 0 Å². The number of nitrogens with zero attached hydrogens (tertiary/aromatic N) is 1. The third-order valence-electron chi connectivity index (χ3n) is 3.79. The average Bonchev–Trinajstić information content (AvgIpc) is 2.75. The average molecular weight is 315 g/mol. The maximum absolute atomic E-state index is 12.5. The Hall–Kier alpha value is -1.41. The van der Waals surface area contributed by atoms with Crippen molar-refractivity contribution in [2.75, 3.05) is 0 Å². The molecule has 0 spiro atoms. The number of hydrogen-bond acceptors (Lipinski definition) is 4. The molecule has 1 aliphatic rings. The van der Waals surface area contributed by atoms with Crippen molar-refractivity contribution in [3.63, 3.8) is 0 Å². The molecule has 8 heteroatoms. The van der Waals surface area contributed by atoms with E-state index in [9.17, 15) is 13.2 Å². The second-order valence-electron chi connectivity index (χ2n) is 5.49. The summed E-state index contributed by atoms with van der Waals surface area (Å²) in [6.07, 6.45) is 6.99. The van der Waals surface area contributed by atoms with E-state index in [4.69, 9.17) is 5.11 Å². The van der Waals surface area contributed by atoms with Gasteiger partial charge in [-0.1, -0.05) is 32.1 Å². The first-order valence-electron chi connectivity index (χ1n) is 7.22. The van der Waals surface area contributed by atoms with Gasteiger partial charge in [-0.2, -0.15) is 5.10 Å². The van der Waals surface area contributed by atoms with Crippen LogP contribution < -0.4 is 4.72 Å². The van der Waals surface area contributed by atoms with Gasteiger partial charge in [-0.05, 0) is 19.8 Å². The molecule has 0 aromatic carbocycles. The van der Waals surface area contributed by atoms with Crippen LogP contribution in [-0.4, -0.2) is 35.7 Å². The van der Waals surface area contributed by atoms with Gasteiger partial charge < -0.3 is 5.11 Å². The van der Waals surface area contributed by atoms with Gasteiger partial charge >= 0.3 is 5.97 Å². The molecular weight excluding hydrogens is 294 g/mol. The molecule has 1 heterocycles. The molecule has 1 aromatic rings. The van der Waals surface area contributed by atoms with E-state index in [-0.39, 0.29) is 16.6 Å². The molecule has 0 saturated heterocycles. The Labute approximate surface area is 124 Å². The lowest BCUT2D eigenvalue weighted by Gasteiger charge is -2.20. The topological polar surface area (TPSA) is 112 Å². The van der Waals surface area contributed by atoms with Crippen LogP contribution in [0.4, 0.5) is 0 Å². The van der Waals surface area contributed by atoms with Crippen LogP contribution in [0, 0.1) is 6.92 Å². The summed E-state index contributed by atoms with van der Waals surface area (Å²) < 4.78 is 27.6. The molecule has 0 unspecified atom stereocenters. The van der Waals surface area contributed by atoms with Crippen LogP contribution in [0.1, 0.15) is 61.1 Å². The second-order valence-corrected chi connectivity index (χ2v) is 7.15. The van der Waals surface area contributed by atoms with Gasteiger partial charge in [0.05, 0.1) is 5.69 Å². The molecule has 0 radical (unpaired) electrons. The molecule has 118 valence electrons. The van der Waals surface area contributed by atoms with E-state index in [0.717, 1.165) is 38.5 Å². The smallest absolute Gasteiger partial charge is 0.357 e. The summed E-state index contributed by atoms with van der Waals surface area (Å²) in [5.74, 6) is -1.35. The van der Waals surface area contributed by atoms with E-state index in [0.29, 0.717) is 0 Å². The third kappa shape index (κ3) is 3.82. The number of aromatic carboxylic acids is 1. The standard InChI is InChI=1S/C13H21N3O4S/c1-9-12(11(13(17)18)15-14-9)21(19,20)16-10-7-5-3-2-4-6-8-10/h10,16H,2-8H2,1H3,(H,14,15)(H,17,18). The van der Waals surface area contributed by atoms with Crippen LogP contribution in [0.2, 0.25) is 0 Å². The van der Waals surface area contributed by atoms with Gasteiger partial charge in [0.25, 0.3) is 0 Å². The van der Waals surface area contributed by atoms with Gasteiger partial charge in [-0.15, -0.1) is 0 Å². The first-order chi connectivity index (χ1) is 9.92. The molecule has 1 saturated carbocycles. The predicted octanol–water partition coefficient (Wildman–Crippen LogP) is 1.81. The molecule has 0 aliphatic heterocycles. The molecule has 7 nitrogen and oxygen atoms in total. The zero-order valence-corrected chi connectivity index (χ0v) is 12.9. The molecule has 1 fully saturated rings. The Morgan fingerprint density at radius 1 is 1.24 bits per heavy atom. The van der Waals surface area contributed by atoms with Crippen LogP contribution in [0.15, 0.2) is 4.90 Å². The van der Waals surface area contributed by atoms with E-state index < -0.39 is 21.7 Å². The molecule has 0 bridgehead atoms. The lowest BCUT2D eigenvalue weighted by Crippen LogP contribution is -2.36. The van der Waals surface area contributed by atoms with E-state index >= 15 is 0 Å². The van der Waals surface area contributed by atoms with Gasteiger partial charge in [0.2, 0.25) is 10.0 Å². The summed E-state index contributed by atoms with van der Waals surface area (Å²) in [6.45, 7) is 1.51. The number of carbonyl (C=O) groups is 1. The summed E-state index contributed by atoms with van der Waals surface area (Å²) >= 11 is 0. The molecule has 0 atom stereocenters. The van der Waals surface area contributed by atoms with Crippen LogP contribution in [0.3, 0.4) is 0 Å². The third-order valence-corrected chi connectivity index (χ3v) is 5.47. The fraction of sp³-hybridized carbons (Fsp3) is 0.692. The zero-order valence-electron chi connectivity index (χ0n) is 12.1. The highest BCUT2D eigenvalue weighted by Gasteiger charge is 2.30. The van der Waals surface area contributed by atoms with Crippen LogP contribution >= 0.6 is 0 Å². The monoisotopic (exact) mass is 315 g/mol. The number of hydrogen-bond donors (Lipinski definition) is 3. The molecule has 3 N–H and O–H groups in total. The van der Waals surface area contributed by atoms with E-state index in [2.05, 4.69) is 14.9 Å². The number of H-pyrrole nitrogens is 1. The highest BCUT2D eigenvalue weighted by molar-refractivity contribution is 7.89. The van der Waals surface area contributed by atoms with Crippen molar-refractivity contribution in [2.45, 2.75) is 62.8 Å². The maximum Gasteiger partial charge on any atom is 0.357 e. The molecule has 1 aliphatic carbocycles. The summed E-state index contributed by atoms with van der Waals surface area (Å²) in [6, 6.07) is -0.133. The number of rotatable bonds is 4. The SMILES string of the molecule is Cc1[nH]nc(C(=O)O)c1S(=O)(=O)NC1CCCCCCC1. The number of sulfonamides is 1. The fourth-order valence-electron chi connectivity index (χ4n) is 2.74. The van der Waals surface area contributed by atoms with Crippen molar-refractivity contribution < 1.29 is 18.3 Å². The molecule has 2 rings (SSSR count). The number of nitrogens with one attached hydrogen (secondary N) is 2.